The van der Waals surface area contributed by atoms with Crippen LogP contribution in [-0.2, 0) is 15.6 Å². The molecule has 0 bridgehead atoms. The molecule has 2 aromatic rings. The Balaban J connectivity index is 2.38. The van der Waals surface area contributed by atoms with E-state index in [1.165, 1.54) is 6.07 Å². The number of hydrogen-bond acceptors (Lipinski definition) is 4. The van der Waals surface area contributed by atoms with Crippen molar-refractivity contribution in [3.8, 4) is 5.75 Å². The third-order valence-corrected chi connectivity index (χ3v) is 4.74. The van der Waals surface area contributed by atoms with Crippen LogP contribution in [0.25, 0.3) is 11.0 Å². The predicted molar refractivity (Wildman–Crippen MR) is 65.6 cm³/mol. The van der Waals surface area contributed by atoms with Crippen molar-refractivity contribution in [1.29, 1.82) is 0 Å². The Hall–Kier alpha value is -1.49. The number of benzene rings is 1. The van der Waals surface area contributed by atoms with Crippen molar-refractivity contribution in [2.45, 2.75) is 24.9 Å². The normalized spacial score (nSPS) is 12.4. The minimum Gasteiger partial charge on any atom is -0.508 e. The van der Waals surface area contributed by atoms with Crippen LogP contribution in [0.3, 0.4) is 0 Å². The lowest BCUT2D eigenvalue weighted by molar-refractivity contribution is 0.474. The Morgan fingerprint density at radius 2 is 2.00 bits per heavy atom. The van der Waals surface area contributed by atoms with E-state index in [1.807, 2.05) is 0 Å². The fourth-order valence-electron chi connectivity index (χ4n) is 1.51. The van der Waals surface area contributed by atoms with Gasteiger partial charge in [0.1, 0.15) is 22.8 Å². The van der Waals surface area contributed by atoms with Crippen molar-refractivity contribution >= 4 is 20.8 Å². The molecule has 1 N–H and O–H groups in total. The molecule has 0 aliphatic carbocycles. The third kappa shape index (κ3) is 2.44. The predicted octanol–water partition coefficient (Wildman–Crippen LogP) is 2.46. The van der Waals surface area contributed by atoms with Crippen LogP contribution in [0.4, 0.5) is 0 Å². The maximum atomic E-state index is 11.7. The molecule has 1 aromatic carbocycles. The molecule has 0 amide bonds. The lowest BCUT2D eigenvalue weighted by Gasteiger charge is -2.04. The lowest BCUT2D eigenvalue weighted by atomic mass is 10.2. The molecule has 0 saturated carbocycles. The number of rotatable bonds is 3. The second-order valence-corrected chi connectivity index (χ2v) is 6.85. The summed E-state index contributed by atoms with van der Waals surface area (Å²) in [5.41, 5.74) is 0.499. The van der Waals surface area contributed by atoms with Crippen molar-refractivity contribution in [3.63, 3.8) is 0 Å². The van der Waals surface area contributed by atoms with Gasteiger partial charge in [0, 0.05) is 11.5 Å². The molecular weight excluding hydrogens is 240 g/mol. The maximum absolute atomic E-state index is 11.7. The molecule has 2 rings (SSSR count). The first-order valence-corrected chi connectivity index (χ1v) is 7.03. The summed E-state index contributed by atoms with van der Waals surface area (Å²) in [4.78, 5) is 0. The molecular formula is C12H14O4S. The highest BCUT2D eigenvalue weighted by atomic mass is 32.2. The fourth-order valence-corrected chi connectivity index (χ4v) is 2.38. The molecule has 4 nitrogen and oxygen atoms in total. The lowest BCUT2D eigenvalue weighted by Crippen LogP contribution is -2.15. The third-order valence-electron chi connectivity index (χ3n) is 2.62. The summed E-state index contributed by atoms with van der Waals surface area (Å²) >= 11 is 0. The van der Waals surface area contributed by atoms with Gasteiger partial charge in [0.2, 0.25) is 0 Å². The van der Waals surface area contributed by atoms with Crippen LogP contribution in [0.5, 0.6) is 5.75 Å². The molecule has 0 spiro atoms. The average Bonchev–Trinajstić information content (AvgIpc) is 2.57. The topological polar surface area (TPSA) is 67.5 Å². The first-order valence-electron chi connectivity index (χ1n) is 5.31. The van der Waals surface area contributed by atoms with Crippen LogP contribution in [0.2, 0.25) is 0 Å². The van der Waals surface area contributed by atoms with Gasteiger partial charge in [-0.1, -0.05) is 0 Å². The molecule has 1 heterocycles. The molecule has 0 saturated heterocycles. The highest BCUT2D eigenvalue weighted by Crippen LogP contribution is 2.25. The summed E-state index contributed by atoms with van der Waals surface area (Å²) in [5.74, 6) is 0.393. The number of sulfone groups is 1. The second kappa shape index (κ2) is 4.07. The Kier molecular flexibility index (Phi) is 2.87. The summed E-state index contributed by atoms with van der Waals surface area (Å²) in [6, 6.07) is 6.40. The van der Waals surface area contributed by atoms with Crippen LogP contribution in [0.15, 0.2) is 28.7 Å². The Morgan fingerprint density at radius 1 is 1.29 bits per heavy atom. The minimum atomic E-state index is -3.17. The number of fused-ring (bicyclic) bond motifs is 1. The van der Waals surface area contributed by atoms with Crippen LogP contribution in [0.1, 0.15) is 19.6 Å². The van der Waals surface area contributed by atoms with Gasteiger partial charge in [-0.15, -0.1) is 0 Å². The first kappa shape index (κ1) is 12.0. The zero-order chi connectivity index (χ0) is 12.6. The first-order chi connectivity index (χ1) is 7.88. The number of phenols is 1. The molecule has 17 heavy (non-hydrogen) atoms. The quantitative estimate of drug-likeness (QED) is 0.913. The van der Waals surface area contributed by atoms with Gasteiger partial charge in [-0.3, -0.25) is 0 Å². The van der Waals surface area contributed by atoms with Crippen molar-refractivity contribution in [3.05, 3.63) is 30.0 Å². The van der Waals surface area contributed by atoms with Crippen molar-refractivity contribution in [2.24, 2.45) is 0 Å². The van der Waals surface area contributed by atoms with Crippen molar-refractivity contribution in [2.75, 3.05) is 0 Å². The van der Waals surface area contributed by atoms with Gasteiger partial charge >= 0.3 is 0 Å². The molecule has 0 radical (unpaired) electrons. The molecule has 5 heteroatoms. The monoisotopic (exact) mass is 254 g/mol. The molecule has 0 fully saturated rings. The van der Waals surface area contributed by atoms with E-state index in [-0.39, 0.29) is 11.5 Å². The van der Waals surface area contributed by atoms with Gasteiger partial charge in [0.05, 0.1) is 5.25 Å². The number of aromatic hydroxyl groups is 1. The molecule has 0 aliphatic rings. The van der Waals surface area contributed by atoms with Crippen molar-refractivity contribution < 1.29 is 17.9 Å². The number of phenolic OH excluding ortho intramolecular Hbond substituents is 1. The smallest absolute Gasteiger partial charge is 0.159 e. The number of hydrogen-bond donors (Lipinski definition) is 1. The summed E-state index contributed by atoms with van der Waals surface area (Å²) in [5, 5.41) is 9.64. The molecule has 1 aromatic heterocycles. The van der Waals surface area contributed by atoms with E-state index in [4.69, 9.17) is 4.42 Å². The van der Waals surface area contributed by atoms with Crippen LogP contribution >= 0.6 is 0 Å². The van der Waals surface area contributed by atoms with E-state index >= 15 is 0 Å². The van der Waals surface area contributed by atoms with Gasteiger partial charge in [0.15, 0.2) is 9.84 Å². The van der Waals surface area contributed by atoms with E-state index in [2.05, 4.69) is 0 Å². The zero-order valence-electron chi connectivity index (χ0n) is 9.67. The zero-order valence-corrected chi connectivity index (χ0v) is 10.5. The largest absolute Gasteiger partial charge is 0.508 e. The number of furan rings is 1. The average molecular weight is 254 g/mol. The van der Waals surface area contributed by atoms with E-state index in [0.717, 1.165) is 5.39 Å². The molecule has 0 aliphatic heterocycles. The molecule has 0 unspecified atom stereocenters. The second-order valence-electron chi connectivity index (χ2n) is 4.29. The summed E-state index contributed by atoms with van der Waals surface area (Å²) in [6.07, 6.45) is 0. The SMILES string of the molecule is CC(C)S(=O)(=O)Cc1cc2ccc(O)cc2o1. The Morgan fingerprint density at radius 3 is 2.65 bits per heavy atom. The Labute approximate surface area is 99.8 Å². The van der Waals surface area contributed by atoms with Crippen LogP contribution in [0, 0.1) is 0 Å². The standard InChI is InChI=1S/C12H14O4S/c1-8(2)17(14,15)7-11-5-9-3-4-10(13)6-12(9)16-11/h3-6,8,13H,7H2,1-2H3. The van der Waals surface area contributed by atoms with Gasteiger partial charge < -0.3 is 9.52 Å². The van der Waals surface area contributed by atoms with E-state index in [9.17, 15) is 13.5 Å². The van der Waals surface area contributed by atoms with Gasteiger partial charge in [-0.25, -0.2) is 8.42 Å². The minimum absolute atomic E-state index is 0.102. The van der Waals surface area contributed by atoms with E-state index in [0.29, 0.717) is 11.3 Å². The highest BCUT2D eigenvalue weighted by Gasteiger charge is 2.19. The molecule has 92 valence electrons. The molecule has 0 atom stereocenters. The van der Waals surface area contributed by atoms with Gasteiger partial charge in [0.25, 0.3) is 0 Å². The van der Waals surface area contributed by atoms with E-state index < -0.39 is 15.1 Å². The maximum Gasteiger partial charge on any atom is 0.159 e. The van der Waals surface area contributed by atoms with E-state index in [1.54, 1.807) is 32.0 Å². The highest BCUT2D eigenvalue weighted by molar-refractivity contribution is 7.91. The van der Waals surface area contributed by atoms with Gasteiger partial charge in [-0.2, -0.15) is 0 Å². The Bertz CT molecular complexity index is 638. The van der Waals surface area contributed by atoms with Gasteiger partial charge in [-0.05, 0) is 32.0 Å². The van der Waals surface area contributed by atoms with Crippen molar-refractivity contribution in [1.82, 2.24) is 0 Å². The summed E-state index contributed by atoms with van der Waals surface area (Å²) in [7, 11) is -3.17. The summed E-state index contributed by atoms with van der Waals surface area (Å²) < 4.78 is 28.9. The van der Waals surface area contributed by atoms with Crippen LogP contribution in [-0.4, -0.2) is 18.8 Å². The fraction of sp³-hybridized carbons (Fsp3) is 0.333. The summed E-state index contributed by atoms with van der Waals surface area (Å²) in [6.45, 7) is 3.29. The van der Waals surface area contributed by atoms with Crippen LogP contribution < -0.4 is 0 Å².